The second kappa shape index (κ2) is 8.42. The van der Waals surface area contributed by atoms with Crippen LogP contribution in [0.3, 0.4) is 0 Å². The molecule has 7 heteroatoms. The van der Waals surface area contributed by atoms with Crippen molar-refractivity contribution >= 4 is 15.9 Å². The molecule has 1 amide bonds. The maximum absolute atomic E-state index is 12.6. The van der Waals surface area contributed by atoms with Crippen molar-refractivity contribution in [2.75, 3.05) is 0 Å². The molecule has 1 saturated carbocycles. The van der Waals surface area contributed by atoms with Crippen LogP contribution in [0.2, 0.25) is 0 Å². The minimum absolute atomic E-state index is 0.0158. The summed E-state index contributed by atoms with van der Waals surface area (Å²) < 4.78 is 28.0. The number of benzene rings is 1. The van der Waals surface area contributed by atoms with E-state index in [0.717, 1.165) is 37.7 Å². The number of carbonyl (C=O) groups excluding carboxylic acids is 1. The van der Waals surface area contributed by atoms with Crippen LogP contribution in [0, 0.1) is 0 Å². The van der Waals surface area contributed by atoms with Crippen molar-refractivity contribution in [3.63, 3.8) is 0 Å². The Morgan fingerprint density at radius 1 is 1.08 bits per heavy atom. The van der Waals surface area contributed by atoms with E-state index in [4.69, 9.17) is 0 Å². The predicted molar refractivity (Wildman–Crippen MR) is 99.0 cm³/mol. The van der Waals surface area contributed by atoms with Gasteiger partial charge in [-0.15, -0.1) is 0 Å². The average Bonchev–Trinajstić information content (AvgIpc) is 2.67. The van der Waals surface area contributed by atoms with Crippen LogP contribution in [0.15, 0.2) is 53.7 Å². The Morgan fingerprint density at radius 2 is 1.81 bits per heavy atom. The number of hydrogen-bond acceptors (Lipinski definition) is 4. The third-order valence-electron chi connectivity index (χ3n) is 4.54. The van der Waals surface area contributed by atoms with Gasteiger partial charge in [-0.3, -0.25) is 9.78 Å². The molecular formula is C19H23N3O3S. The first-order valence-electron chi connectivity index (χ1n) is 8.84. The fourth-order valence-electron chi connectivity index (χ4n) is 3.10. The molecule has 2 N–H and O–H groups in total. The molecule has 6 nitrogen and oxygen atoms in total. The van der Waals surface area contributed by atoms with Crippen LogP contribution >= 0.6 is 0 Å². The summed E-state index contributed by atoms with van der Waals surface area (Å²) in [7, 11) is -3.62. The molecular weight excluding hydrogens is 350 g/mol. The zero-order valence-electron chi connectivity index (χ0n) is 14.5. The molecule has 2 aromatic rings. The topological polar surface area (TPSA) is 88.2 Å². The third kappa shape index (κ3) is 4.89. The molecule has 0 bridgehead atoms. The normalized spacial score (nSPS) is 15.5. The van der Waals surface area contributed by atoms with Crippen molar-refractivity contribution in [1.82, 2.24) is 15.0 Å². The lowest BCUT2D eigenvalue weighted by molar-refractivity contribution is 0.0950. The highest BCUT2D eigenvalue weighted by Gasteiger charge is 2.22. The van der Waals surface area contributed by atoms with Crippen LogP contribution in [-0.4, -0.2) is 25.4 Å². The van der Waals surface area contributed by atoms with Gasteiger partial charge in [0, 0.05) is 30.5 Å². The van der Waals surface area contributed by atoms with Crippen molar-refractivity contribution < 1.29 is 13.2 Å². The molecule has 0 radical (unpaired) electrons. The summed E-state index contributed by atoms with van der Waals surface area (Å²) in [6.45, 7) is 0.360. The summed E-state index contributed by atoms with van der Waals surface area (Å²) >= 11 is 0. The number of hydrogen-bond donors (Lipinski definition) is 2. The van der Waals surface area contributed by atoms with Gasteiger partial charge in [0.25, 0.3) is 5.91 Å². The summed E-state index contributed by atoms with van der Waals surface area (Å²) in [6.07, 6.45) is 8.30. The average molecular weight is 373 g/mol. The highest BCUT2D eigenvalue weighted by Crippen LogP contribution is 2.20. The smallest absolute Gasteiger partial charge is 0.251 e. The van der Waals surface area contributed by atoms with Gasteiger partial charge in [0.15, 0.2) is 0 Å². The summed E-state index contributed by atoms with van der Waals surface area (Å²) in [5.41, 5.74) is 1.25. The third-order valence-corrected chi connectivity index (χ3v) is 6.05. The highest BCUT2D eigenvalue weighted by molar-refractivity contribution is 7.89. The van der Waals surface area contributed by atoms with E-state index in [9.17, 15) is 13.2 Å². The van der Waals surface area contributed by atoms with Gasteiger partial charge in [-0.1, -0.05) is 25.3 Å². The minimum Gasteiger partial charge on any atom is -0.348 e. The zero-order valence-corrected chi connectivity index (χ0v) is 15.3. The van der Waals surface area contributed by atoms with E-state index in [-0.39, 0.29) is 16.8 Å². The standard InChI is InChI=1S/C19H23N3O3S/c23-19(21-14-15-9-11-20-12-10-15)16-5-4-8-18(13-16)26(24,25)22-17-6-2-1-3-7-17/h4-5,8-13,17,22H,1-3,6-7,14H2,(H,21,23). The van der Waals surface area contributed by atoms with Crippen molar-refractivity contribution in [1.29, 1.82) is 0 Å². The van der Waals surface area contributed by atoms with Gasteiger partial charge in [-0.2, -0.15) is 0 Å². The number of aromatic nitrogens is 1. The summed E-state index contributed by atoms with van der Waals surface area (Å²) in [5.74, 6) is -0.309. The predicted octanol–water partition coefficient (Wildman–Crippen LogP) is 2.62. The van der Waals surface area contributed by atoms with Gasteiger partial charge >= 0.3 is 0 Å². The van der Waals surface area contributed by atoms with Crippen LogP contribution in [0.1, 0.15) is 48.0 Å². The Labute approximate surface area is 154 Å². The summed E-state index contributed by atoms with van der Waals surface area (Å²) in [5, 5.41) is 2.79. The number of nitrogens with zero attached hydrogens (tertiary/aromatic N) is 1. The minimum atomic E-state index is -3.62. The monoisotopic (exact) mass is 373 g/mol. The lowest BCUT2D eigenvalue weighted by Crippen LogP contribution is -2.36. The van der Waals surface area contributed by atoms with E-state index in [1.807, 2.05) is 12.1 Å². The Kier molecular flexibility index (Phi) is 6.00. The number of rotatable bonds is 6. The van der Waals surface area contributed by atoms with Crippen LogP contribution in [0.25, 0.3) is 0 Å². The fraction of sp³-hybridized carbons (Fsp3) is 0.368. The Balaban J connectivity index is 1.67. The number of nitrogens with one attached hydrogen (secondary N) is 2. The van der Waals surface area contributed by atoms with E-state index < -0.39 is 10.0 Å². The van der Waals surface area contributed by atoms with Gasteiger partial charge in [-0.25, -0.2) is 13.1 Å². The first-order chi connectivity index (χ1) is 12.5. The number of amides is 1. The van der Waals surface area contributed by atoms with Crippen LogP contribution in [-0.2, 0) is 16.6 Å². The maximum Gasteiger partial charge on any atom is 0.251 e. The van der Waals surface area contributed by atoms with E-state index in [0.29, 0.717) is 12.1 Å². The lowest BCUT2D eigenvalue weighted by atomic mass is 9.96. The van der Waals surface area contributed by atoms with E-state index in [1.54, 1.807) is 24.5 Å². The van der Waals surface area contributed by atoms with Gasteiger partial charge in [0.1, 0.15) is 0 Å². The van der Waals surface area contributed by atoms with E-state index in [2.05, 4.69) is 15.0 Å². The van der Waals surface area contributed by atoms with Crippen molar-refractivity contribution in [3.8, 4) is 0 Å². The van der Waals surface area contributed by atoms with Gasteiger partial charge in [-0.05, 0) is 48.7 Å². The van der Waals surface area contributed by atoms with Crippen molar-refractivity contribution in [3.05, 3.63) is 59.9 Å². The van der Waals surface area contributed by atoms with Crippen LogP contribution in [0.4, 0.5) is 0 Å². The molecule has 26 heavy (non-hydrogen) atoms. The Bertz CT molecular complexity index is 847. The molecule has 1 heterocycles. The number of pyridine rings is 1. The van der Waals surface area contributed by atoms with Crippen LogP contribution < -0.4 is 10.0 Å². The second-order valence-corrected chi connectivity index (χ2v) is 8.24. The lowest BCUT2D eigenvalue weighted by Gasteiger charge is -2.22. The Hall–Kier alpha value is -2.25. The molecule has 1 fully saturated rings. The maximum atomic E-state index is 12.6. The molecule has 0 aliphatic heterocycles. The molecule has 1 aromatic carbocycles. The van der Waals surface area contributed by atoms with E-state index in [1.165, 1.54) is 12.1 Å². The van der Waals surface area contributed by atoms with Crippen LogP contribution in [0.5, 0.6) is 0 Å². The largest absolute Gasteiger partial charge is 0.348 e. The number of sulfonamides is 1. The SMILES string of the molecule is O=C(NCc1ccncc1)c1cccc(S(=O)(=O)NC2CCCCC2)c1. The Morgan fingerprint density at radius 3 is 2.54 bits per heavy atom. The first kappa shape index (κ1) is 18.5. The molecule has 1 aliphatic rings. The zero-order chi connectivity index (χ0) is 18.4. The quantitative estimate of drug-likeness (QED) is 0.815. The highest BCUT2D eigenvalue weighted by atomic mass is 32.2. The molecule has 0 spiro atoms. The molecule has 0 saturated heterocycles. The van der Waals surface area contributed by atoms with E-state index >= 15 is 0 Å². The second-order valence-electron chi connectivity index (χ2n) is 6.52. The van der Waals surface area contributed by atoms with Crippen molar-refractivity contribution in [2.24, 2.45) is 0 Å². The first-order valence-corrected chi connectivity index (χ1v) is 10.3. The number of carbonyl (C=O) groups is 1. The van der Waals surface area contributed by atoms with Gasteiger partial charge < -0.3 is 5.32 Å². The molecule has 1 aliphatic carbocycles. The van der Waals surface area contributed by atoms with Crippen molar-refractivity contribution in [2.45, 2.75) is 49.6 Å². The molecule has 0 atom stereocenters. The summed E-state index contributed by atoms with van der Waals surface area (Å²) in [6, 6.07) is 9.76. The summed E-state index contributed by atoms with van der Waals surface area (Å²) in [4.78, 5) is 16.4. The fourth-order valence-corrected chi connectivity index (χ4v) is 4.45. The molecule has 0 unspecified atom stereocenters. The molecule has 3 rings (SSSR count). The molecule has 1 aromatic heterocycles. The van der Waals surface area contributed by atoms with Gasteiger partial charge in [0.05, 0.1) is 4.90 Å². The molecule has 138 valence electrons. The van der Waals surface area contributed by atoms with Gasteiger partial charge in [0.2, 0.25) is 10.0 Å².